The summed E-state index contributed by atoms with van der Waals surface area (Å²) in [6.07, 6.45) is 10.7. The third-order valence-corrected chi connectivity index (χ3v) is 1.50. The maximum atomic E-state index is 4.00. The van der Waals surface area contributed by atoms with Gasteiger partial charge in [0.1, 0.15) is 0 Å². The van der Waals surface area contributed by atoms with Crippen LogP contribution in [0.1, 0.15) is 13.8 Å². The molecular formula is C6H13P. The SMILES string of the molecule is C#C.CCPCC. The maximum absolute atomic E-state index is 4.00. The van der Waals surface area contributed by atoms with Crippen molar-refractivity contribution in [1.29, 1.82) is 0 Å². The van der Waals surface area contributed by atoms with Gasteiger partial charge in [-0.25, -0.2) is 0 Å². The predicted octanol–water partition coefficient (Wildman–Crippen LogP) is 1.95. The Labute approximate surface area is 48.5 Å². The van der Waals surface area contributed by atoms with Crippen LogP contribution in [0.3, 0.4) is 0 Å². The molecule has 0 fully saturated rings. The molecule has 0 unspecified atom stereocenters. The van der Waals surface area contributed by atoms with Crippen molar-refractivity contribution in [3.05, 3.63) is 0 Å². The number of hydrogen-bond acceptors (Lipinski definition) is 0. The minimum absolute atomic E-state index is 1.20. The monoisotopic (exact) mass is 116 g/mol. The Balaban J connectivity index is 0. The molecular weight excluding hydrogens is 103 g/mol. The lowest BCUT2D eigenvalue weighted by atomic mass is 11.0. The Morgan fingerprint density at radius 1 is 1.14 bits per heavy atom. The summed E-state index contributed by atoms with van der Waals surface area (Å²) in [5.41, 5.74) is 0. The molecule has 0 nitrogen and oxygen atoms in total. The summed E-state index contributed by atoms with van der Waals surface area (Å²) in [5, 5.41) is 0. The van der Waals surface area contributed by atoms with Crippen LogP contribution in [0.25, 0.3) is 0 Å². The Kier molecular flexibility index (Phi) is 24.0. The van der Waals surface area contributed by atoms with Gasteiger partial charge in [-0.3, -0.25) is 0 Å². The van der Waals surface area contributed by atoms with Crippen LogP contribution in [0.2, 0.25) is 0 Å². The lowest BCUT2D eigenvalue weighted by Gasteiger charge is -1.80. The van der Waals surface area contributed by atoms with Crippen molar-refractivity contribution < 1.29 is 0 Å². The van der Waals surface area contributed by atoms with Crippen molar-refractivity contribution in [1.82, 2.24) is 0 Å². The molecule has 0 saturated carbocycles. The molecule has 0 atom stereocenters. The highest BCUT2D eigenvalue weighted by molar-refractivity contribution is 7.37. The summed E-state index contributed by atoms with van der Waals surface area (Å²) in [6, 6.07) is 0. The minimum atomic E-state index is 1.20. The van der Waals surface area contributed by atoms with E-state index >= 15 is 0 Å². The summed E-state index contributed by atoms with van der Waals surface area (Å²) < 4.78 is 0. The zero-order chi connectivity index (χ0) is 6.12. The first-order chi connectivity index (χ1) is 3.41. The molecule has 0 amide bonds. The summed E-state index contributed by atoms with van der Waals surface area (Å²) >= 11 is 0. The van der Waals surface area contributed by atoms with Gasteiger partial charge in [-0.1, -0.05) is 13.8 Å². The van der Waals surface area contributed by atoms with Crippen molar-refractivity contribution in [2.24, 2.45) is 0 Å². The van der Waals surface area contributed by atoms with Crippen LogP contribution in [0.15, 0.2) is 0 Å². The number of hydrogen-bond donors (Lipinski definition) is 0. The van der Waals surface area contributed by atoms with Crippen LogP contribution >= 0.6 is 8.58 Å². The molecule has 0 rings (SSSR count). The van der Waals surface area contributed by atoms with E-state index in [1.807, 2.05) is 0 Å². The first-order valence-corrected chi connectivity index (χ1v) is 3.87. The molecule has 0 aliphatic rings. The van der Waals surface area contributed by atoms with Crippen LogP contribution in [0.4, 0.5) is 0 Å². The van der Waals surface area contributed by atoms with Crippen LogP contribution in [-0.4, -0.2) is 12.3 Å². The van der Waals surface area contributed by atoms with Crippen LogP contribution in [0.5, 0.6) is 0 Å². The van der Waals surface area contributed by atoms with Crippen molar-refractivity contribution in [3.63, 3.8) is 0 Å². The molecule has 42 valence electrons. The molecule has 0 spiro atoms. The summed E-state index contributed by atoms with van der Waals surface area (Å²) in [6.45, 7) is 4.45. The summed E-state index contributed by atoms with van der Waals surface area (Å²) in [5.74, 6) is 0. The molecule has 0 bridgehead atoms. The fourth-order valence-electron chi connectivity index (χ4n) is 0.250. The molecule has 1 heteroatoms. The fourth-order valence-corrected chi connectivity index (χ4v) is 0.750. The Morgan fingerprint density at radius 2 is 1.43 bits per heavy atom. The van der Waals surface area contributed by atoms with Crippen molar-refractivity contribution >= 4 is 8.58 Å². The Morgan fingerprint density at radius 3 is 1.43 bits per heavy atom. The van der Waals surface area contributed by atoms with E-state index in [-0.39, 0.29) is 0 Å². The quantitative estimate of drug-likeness (QED) is 0.382. The average Bonchev–Trinajstić information content (AvgIpc) is 1.75. The van der Waals surface area contributed by atoms with Gasteiger partial charge < -0.3 is 0 Å². The van der Waals surface area contributed by atoms with E-state index in [0.717, 1.165) is 0 Å². The average molecular weight is 116 g/mol. The van der Waals surface area contributed by atoms with E-state index in [9.17, 15) is 0 Å². The van der Waals surface area contributed by atoms with Gasteiger partial charge in [0.2, 0.25) is 0 Å². The van der Waals surface area contributed by atoms with Gasteiger partial charge in [-0.2, -0.15) is 0 Å². The molecule has 0 aliphatic carbocycles. The van der Waals surface area contributed by atoms with E-state index < -0.39 is 0 Å². The van der Waals surface area contributed by atoms with Crippen molar-refractivity contribution in [2.45, 2.75) is 13.8 Å². The highest BCUT2D eigenvalue weighted by Crippen LogP contribution is 2.03. The third-order valence-electron chi connectivity index (χ3n) is 0.500. The Hall–Kier alpha value is -0.0100. The van der Waals surface area contributed by atoms with Crippen molar-refractivity contribution in [2.75, 3.05) is 12.3 Å². The van der Waals surface area contributed by atoms with E-state index in [0.29, 0.717) is 0 Å². The van der Waals surface area contributed by atoms with E-state index in [1.54, 1.807) is 0 Å². The van der Waals surface area contributed by atoms with E-state index in [1.165, 1.54) is 20.9 Å². The largest absolute Gasteiger partial charge is 0.124 e. The predicted molar refractivity (Wildman–Crippen MR) is 39.3 cm³/mol. The van der Waals surface area contributed by atoms with E-state index in [4.69, 9.17) is 0 Å². The molecule has 7 heavy (non-hydrogen) atoms. The van der Waals surface area contributed by atoms with Crippen LogP contribution < -0.4 is 0 Å². The third kappa shape index (κ3) is 24.1. The number of rotatable bonds is 2. The zero-order valence-electron chi connectivity index (χ0n) is 5.07. The second kappa shape index (κ2) is 16.7. The molecule has 0 aromatic carbocycles. The van der Waals surface area contributed by atoms with Crippen molar-refractivity contribution in [3.8, 4) is 12.8 Å². The lowest BCUT2D eigenvalue weighted by Crippen LogP contribution is -1.59. The van der Waals surface area contributed by atoms with Gasteiger partial charge >= 0.3 is 0 Å². The first-order valence-electron chi connectivity index (χ1n) is 2.45. The second-order valence-corrected chi connectivity index (χ2v) is 2.87. The fraction of sp³-hybridized carbons (Fsp3) is 0.667. The maximum Gasteiger partial charge on any atom is -0.0382 e. The van der Waals surface area contributed by atoms with Gasteiger partial charge in [-0.05, 0) is 12.3 Å². The van der Waals surface area contributed by atoms with Crippen LogP contribution in [-0.2, 0) is 0 Å². The second-order valence-electron chi connectivity index (χ2n) is 0.957. The molecule has 0 aliphatic heterocycles. The highest BCUT2D eigenvalue weighted by Gasteiger charge is 1.66. The first kappa shape index (κ1) is 10.1. The molecule has 0 N–H and O–H groups in total. The van der Waals surface area contributed by atoms with Gasteiger partial charge in [0.05, 0.1) is 0 Å². The molecule has 0 aromatic heterocycles. The van der Waals surface area contributed by atoms with Gasteiger partial charge in [-0.15, -0.1) is 21.4 Å². The lowest BCUT2D eigenvalue weighted by molar-refractivity contribution is 1.44. The van der Waals surface area contributed by atoms with E-state index in [2.05, 4.69) is 26.7 Å². The van der Waals surface area contributed by atoms with Gasteiger partial charge in [0.25, 0.3) is 0 Å². The minimum Gasteiger partial charge on any atom is -0.124 e. The molecule has 0 aromatic rings. The topological polar surface area (TPSA) is 0 Å². The smallest absolute Gasteiger partial charge is 0.0382 e. The van der Waals surface area contributed by atoms with Gasteiger partial charge in [0, 0.05) is 0 Å². The summed E-state index contributed by atoms with van der Waals surface area (Å²) in [7, 11) is 1.20. The number of terminal acetylenes is 1. The summed E-state index contributed by atoms with van der Waals surface area (Å²) in [4.78, 5) is 0. The highest BCUT2D eigenvalue weighted by atomic mass is 31.1. The molecule has 0 radical (unpaired) electrons. The normalized spacial score (nSPS) is 6.29. The van der Waals surface area contributed by atoms with Gasteiger partial charge in [0.15, 0.2) is 0 Å². The standard InChI is InChI=1S/C4H11P.C2H2/c1-3-5-4-2;1-2/h5H,3-4H2,1-2H3;1-2H. The molecule has 0 saturated heterocycles. The van der Waals surface area contributed by atoms with Crippen LogP contribution in [0, 0.1) is 12.8 Å². The zero-order valence-corrected chi connectivity index (χ0v) is 6.07. The Bertz CT molecular complexity index is 28.4. The molecule has 0 heterocycles.